The second-order valence-electron chi connectivity index (χ2n) is 1.75. The van der Waals surface area contributed by atoms with Gasteiger partial charge in [-0.15, -0.1) is 10.2 Å². The minimum Gasteiger partial charge on any atom is -0.238 e. The summed E-state index contributed by atoms with van der Waals surface area (Å²) in [6.07, 6.45) is 4.02. The Morgan fingerprint density at radius 1 is 1.44 bits per heavy atom. The van der Waals surface area contributed by atoms with Crippen LogP contribution in [-0.2, 0) is 6.42 Å². The first-order valence-electron chi connectivity index (χ1n) is 2.66. The molecular weight excluding hydrogens is 116 g/mol. The highest BCUT2D eigenvalue weighted by Crippen LogP contribution is 2.15. The summed E-state index contributed by atoms with van der Waals surface area (Å²) in [6.45, 7) is 0. The van der Waals surface area contributed by atoms with Gasteiger partial charge in [-0.3, -0.25) is 0 Å². The summed E-state index contributed by atoms with van der Waals surface area (Å²) >= 11 is 0. The van der Waals surface area contributed by atoms with Crippen LogP contribution < -0.4 is 0 Å². The Labute approximate surface area is 51.7 Å². The highest BCUT2D eigenvalue weighted by atomic mass is 15.2. The highest BCUT2D eigenvalue weighted by molar-refractivity contribution is 5.71. The number of rotatable bonds is 0. The first-order chi connectivity index (χ1) is 4.47. The van der Waals surface area contributed by atoms with Crippen molar-refractivity contribution in [2.45, 2.75) is 6.42 Å². The Kier molecular flexibility index (Phi) is 0.798. The molecule has 4 nitrogen and oxygen atoms in total. The van der Waals surface area contributed by atoms with E-state index in [2.05, 4.69) is 20.2 Å². The predicted octanol–water partition coefficient (Wildman–Crippen LogP) is 0.130. The molecule has 0 amide bonds. The van der Waals surface area contributed by atoms with Crippen LogP contribution in [0.1, 0.15) is 5.69 Å². The second kappa shape index (κ2) is 1.58. The molecule has 0 aliphatic carbocycles. The Morgan fingerprint density at radius 2 is 2.44 bits per heavy atom. The second-order valence-corrected chi connectivity index (χ2v) is 1.75. The molecule has 0 radical (unpaired) electrons. The zero-order valence-electron chi connectivity index (χ0n) is 4.65. The Bertz CT molecular complexity index is 255. The fourth-order valence-corrected chi connectivity index (χ4v) is 0.754. The van der Waals surface area contributed by atoms with Gasteiger partial charge in [0.15, 0.2) is 5.82 Å². The molecule has 1 aromatic heterocycles. The van der Waals surface area contributed by atoms with Crippen LogP contribution in [0.15, 0.2) is 11.3 Å². The summed E-state index contributed by atoms with van der Waals surface area (Å²) in [7, 11) is 0. The molecule has 1 aliphatic heterocycles. The summed E-state index contributed by atoms with van der Waals surface area (Å²) < 4.78 is 0. The van der Waals surface area contributed by atoms with Crippen LogP contribution in [0.3, 0.4) is 0 Å². The molecule has 1 aliphatic rings. The number of aromatic nitrogens is 3. The molecule has 0 N–H and O–H groups in total. The topological polar surface area (TPSA) is 51.0 Å². The summed E-state index contributed by atoms with van der Waals surface area (Å²) in [6, 6.07) is 0. The van der Waals surface area contributed by atoms with Crippen molar-refractivity contribution >= 4 is 12.0 Å². The minimum absolute atomic E-state index is 0.664. The zero-order valence-corrected chi connectivity index (χ0v) is 4.65. The van der Waals surface area contributed by atoms with Crippen LogP contribution >= 0.6 is 0 Å². The summed E-state index contributed by atoms with van der Waals surface area (Å²) in [4.78, 5) is 7.90. The first kappa shape index (κ1) is 4.55. The molecule has 2 heterocycles. The fourth-order valence-electron chi connectivity index (χ4n) is 0.754. The first-order valence-corrected chi connectivity index (χ1v) is 2.66. The highest BCUT2D eigenvalue weighted by Gasteiger charge is 2.06. The Balaban J connectivity index is 2.63. The molecule has 44 valence electrons. The molecular formula is C5H4N4. The average molecular weight is 120 g/mol. The van der Waals surface area contributed by atoms with Gasteiger partial charge in [0.1, 0.15) is 6.33 Å². The zero-order chi connectivity index (χ0) is 6.10. The van der Waals surface area contributed by atoms with Crippen molar-refractivity contribution in [2.75, 3.05) is 0 Å². The molecule has 0 spiro atoms. The van der Waals surface area contributed by atoms with Crippen molar-refractivity contribution in [3.05, 3.63) is 12.0 Å². The van der Waals surface area contributed by atoms with Crippen LogP contribution in [0.5, 0.6) is 0 Å². The molecule has 9 heavy (non-hydrogen) atoms. The van der Waals surface area contributed by atoms with Gasteiger partial charge in [-0.1, -0.05) is 0 Å². The molecule has 1 aromatic rings. The maximum atomic E-state index is 3.96. The third-order valence-corrected chi connectivity index (χ3v) is 1.17. The van der Waals surface area contributed by atoms with Gasteiger partial charge in [0, 0.05) is 12.6 Å². The molecule has 4 heteroatoms. The van der Waals surface area contributed by atoms with Crippen LogP contribution in [0.2, 0.25) is 0 Å². The number of hydrogen-bond donors (Lipinski definition) is 0. The standard InChI is InChI=1S/C5H4N4/c1-2-6-5-4(1)7-3-8-9-5/h2-3H,1H2. The molecule has 0 unspecified atom stereocenters. The third-order valence-electron chi connectivity index (χ3n) is 1.17. The van der Waals surface area contributed by atoms with Gasteiger partial charge in [-0.05, 0) is 0 Å². The van der Waals surface area contributed by atoms with E-state index in [1.54, 1.807) is 6.21 Å². The van der Waals surface area contributed by atoms with E-state index in [0.717, 1.165) is 12.1 Å². The van der Waals surface area contributed by atoms with Gasteiger partial charge in [0.05, 0.1) is 5.69 Å². The van der Waals surface area contributed by atoms with Gasteiger partial charge >= 0.3 is 0 Å². The SMILES string of the molecule is C1=Nc2nncnc2C1. The van der Waals surface area contributed by atoms with Gasteiger partial charge in [-0.25, -0.2) is 9.98 Å². The Morgan fingerprint density at radius 3 is 3.33 bits per heavy atom. The van der Waals surface area contributed by atoms with Crippen LogP contribution in [0.4, 0.5) is 5.82 Å². The number of hydrogen-bond acceptors (Lipinski definition) is 4. The van der Waals surface area contributed by atoms with Crippen LogP contribution in [0.25, 0.3) is 0 Å². The molecule has 0 atom stereocenters. The van der Waals surface area contributed by atoms with Gasteiger partial charge in [0.2, 0.25) is 0 Å². The summed E-state index contributed by atoms with van der Waals surface area (Å²) in [5.41, 5.74) is 0.921. The minimum atomic E-state index is 0.664. The monoisotopic (exact) mass is 120 g/mol. The molecule has 0 saturated heterocycles. The van der Waals surface area contributed by atoms with E-state index in [4.69, 9.17) is 0 Å². The van der Waals surface area contributed by atoms with Crippen molar-refractivity contribution in [1.82, 2.24) is 15.2 Å². The van der Waals surface area contributed by atoms with E-state index in [1.807, 2.05) is 0 Å². The van der Waals surface area contributed by atoms with E-state index in [9.17, 15) is 0 Å². The maximum absolute atomic E-state index is 3.96. The lowest BCUT2D eigenvalue weighted by Crippen LogP contribution is -1.88. The van der Waals surface area contributed by atoms with Crippen molar-refractivity contribution in [3.63, 3.8) is 0 Å². The van der Waals surface area contributed by atoms with Crippen molar-refractivity contribution in [1.29, 1.82) is 0 Å². The van der Waals surface area contributed by atoms with E-state index in [0.29, 0.717) is 5.82 Å². The van der Waals surface area contributed by atoms with E-state index in [1.165, 1.54) is 6.33 Å². The third kappa shape index (κ3) is 0.595. The van der Waals surface area contributed by atoms with E-state index in [-0.39, 0.29) is 0 Å². The van der Waals surface area contributed by atoms with Crippen LogP contribution in [0, 0.1) is 0 Å². The number of fused-ring (bicyclic) bond motifs is 1. The molecule has 0 fully saturated rings. The molecule has 0 aromatic carbocycles. The quantitative estimate of drug-likeness (QED) is 0.489. The van der Waals surface area contributed by atoms with E-state index >= 15 is 0 Å². The van der Waals surface area contributed by atoms with Gasteiger partial charge < -0.3 is 0 Å². The molecule has 2 rings (SSSR count). The maximum Gasteiger partial charge on any atom is 0.196 e. The average Bonchev–Trinajstić information content (AvgIpc) is 2.33. The molecule has 0 saturated carbocycles. The predicted molar refractivity (Wildman–Crippen MR) is 31.7 cm³/mol. The lowest BCUT2D eigenvalue weighted by Gasteiger charge is -1.87. The Hall–Kier alpha value is -1.32. The number of nitrogens with zero attached hydrogens (tertiary/aromatic N) is 4. The van der Waals surface area contributed by atoms with Crippen molar-refractivity contribution < 1.29 is 0 Å². The smallest absolute Gasteiger partial charge is 0.196 e. The van der Waals surface area contributed by atoms with Crippen molar-refractivity contribution in [3.8, 4) is 0 Å². The van der Waals surface area contributed by atoms with Gasteiger partial charge in [0.25, 0.3) is 0 Å². The van der Waals surface area contributed by atoms with E-state index < -0.39 is 0 Å². The summed E-state index contributed by atoms with van der Waals surface area (Å²) in [5, 5.41) is 7.33. The van der Waals surface area contributed by atoms with Crippen molar-refractivity contribution in [2.24, 2.45) is 4.99 Å². The number of aliphatic imine (C=N–C) groups is 1. The normalized spacial score (nSPS) is 13.8. The molecule has 0 bridgehead atoms. The van der Waals surface area contributed by atoms with Gasteiger partial charge in [-0.2, -0.15) is 0 Å². The largest absolute Gasteiger partial charge is 0.238 e. The van der Waals surface area contributed by atoms with Crippen LogP contribution in [-0.4, -0.2) is 21.4 Å². The summed E-state index contributed by atoms with van der Waals surface area (Å²) in [5.74, 6) is 0.664. The lowest BCUT2D eigenvalue weighted by molar-refractivity contribution is 0.942. The lowest BCUT2D eigenvalue weighted by atomic mass is 10.4. The fraction of sp³-hybridized carbons (Fsp3) is 0.200.